The second-order valence-electron chi connectivity index (χ2n) is 14.2. The zero-order valence-corrected chi connectivity index (χ0v) is 35.6. The zero-order valence-electron chi connectivity index (χ0n) is 33.3. The Bertz CT molecular complexity index is 2280. The van der Waals surface area contributed by atoms with Crippen molar-refractivity contribution in [3.8, 4) is 22.8 Å². The minimum Gasteiger partial charge on any atom is -0.468 e. The van der Waals surface area contributed by atoms with Crippen LogP contribution in [0.3, 0.4) is 0 Å². The number of halogens is 3. The number of hydrogen-bond donors (Lipinski definition) is 0. The molecule has 294 valence electrons. The Morgan fingerprint density at radius 1 is 0.554 bits per heavy atom. The van der Waals surface area contributed by atoms with Crippen LogP contribution in [0.1, 0.15) is 49.9 Å². The van der Waals surface area contributed by atoms with Crippen LogP contribution >= 0.6 is 34.8 Å². The minimum absolute atomic E-state index is 0.171. The maximum Gasteiger partial charge on any atom is 0.499 e. The lowest BCUT2D eigenvalue weighted by Gasteiger charge is -2.32. The summed E-state index contributed by atoms with van der Waals surface area (Å²) in [4.78, 5) is 0. The van der Waals surface area contributed by atoms with Crippen molar-refractivity contribution in [1.29, 1.82) is 0 Å². The van der Waals surface area contributed by atoms with Gasteiger partial charge in [-0.3, -0.25) is 0 Å². The summed E-state index contributed by atoms with van der Waals surface area (Å²) in [6, 6.07) is 24.2. The van der Waals surface area contributed by atoms with Gasteiger partial charge < -0.3 is 28.3 Å². The Morgan fingerprint density at radius 3 is 1.52 bits per heavy atom. The van der Waals surface area contributed by atoms with Crippen LogP contribution < -0.4 is 14.9 Å². The van der Waals surface area contributed by atoms with E-state index in [-0.39, 0.29) is 13.6 Å². The first-order valence-electron chi connectivity index (χ1n) is 17.9. The highest BCUT2D eigenvalue weighted by Gasteiger charge is 2.53. The molecular formula is C42H46BCl3N4O6. The van der Waals surface area contributed by atoms with E-state index >= 15 is 0 Å². The van der Waals surface area contributed by atoms with E-state index < -0.39 is 18.3 Å². The van der Waals surface area contributed by atoms with Crippen molar-refractivity contribution >= 4 is 68.9 Å². The fourth-order valence-electron chi connectivity index (χ4n) is 5.83. The highest BCUT2D eigenvalue weighted by atomic mass is 35.5. The maximum absolute atomic E-state index is 6.24. The predicted octanol–water partition coefficient (Wildman–Crippen LogP) is 10.1. The molecule has 2 aromatic heterocycles. The van der Waals surface area contributed by atoms with Crippen molar-refractivity contribution in [2.45, 2.75) is 66.6 Å². The third-order valence-corrected chi connectivity index (χ3v) is 11.2. The molecule has 3 heterocycles. The average Bonchev–Trinajstić information content (AvgIpc) is 3.41. The molecule has 56 heavy (non-hydrogen) atoms. The normalized spacial score (nSPS) is 14.2. The molecule has 1 fully saturated rings. The standard InChI is InChI=1S/C18H23BO4.C18H17ClN2O2.C6H6Cl2N2/c1-17(2)18(3,4)23-19(22-17)16-14-9-7-6-8-13(14)10-11-15(16)21-12-20-5;1-11-12(2)18(19)21-20-17(11)16-14-7-5-4-6-13(14)8-9-15(16)23-10-22-3;1-3-4(2)6(8)10-9-5(3)7/h6-11H,12H2,1-5H3;4-9H,10H2,1-3H3;1-2H3. The van der Waals surface area contributed by atoms with Crippen LogP contribution in [-0.4, -0.2) is 66.5 Å². The van der Waals surface area contributed by atoms with Crippen LogP contribution in [0.25, 0.3) is 32.8 Å². The van der Waals surface area contributed by atoms with Crippen LogP contribution in [0.4, 0.5) is 0 Å². The topological polar surface area (TPSA) is 107 Å². The number of aromatic nitrogens is 4. The van der Waals surface area contributed by atoms with Gasteiger partial charge in [0.05, 0.1) is 16.8 Å². The molecule has 0 N–H and O–H groups in total. The van der Waals surface area contributed by atoms with Crippen molar-refractivity contribution in [3.63, 3.8) is 0 Å². The van der Waals surface area contributed by atoms with Gasteiger partial charge in [0.15, 0.2) is 29.0 Å². The first-order valence-corrected chi connectivity index (χ1v) is 19.0. The summed E-state index contributed by atoms with van der Waals surface area (Å²) >= 11 is 17.4. The Labute approximate surface area is 343 Å². The predicted molar refractivity (Wildman–Crippen MR) is 226 cm³/mol. The SMILES string of the molecule is COCOc1ccc2ccccc2c1-c1nnc(Cl)c(C)c1C.COCOc1ccc2ccccc2c1B1OC(C)(C)C(C)(C)O1.Cc1c(Cl)nnc(Cl)c1C. The zero-order chi connectivity index (χ0) is 40.8. The van der Waals surface area contributed by atoms with Gasteiger partial charge in [0.2, 0.25) is 0 Å². The molecule has 0 unspecified atom stereocenters. The lowest BCUT2D eigenvalue weighted by molar-refractivity contribution is 0.00578. The van der Waals surface area contributed by atoms with Gasteiger partial charge >= 0.3 is 7.12 Å². The summed E-state index contributed by atoms with van der Waals surface area (Å²) in [5.74, 6) is 1.44. The molecule has 1 aliphatic rings. The van der Waals surface area contributed by atoms with Crippen LogP contribution in [-0.2, 0) is 18.8 Å². The monoisotopic (exact) mass is 818 g/mol. The van der Waals surface area contributed by atoms with Gasteiger partial charge in [0.25, 0.3) is 0 Å². The number of fused-ring (bicyclic) bond motifs is 2. The van der Waals surface area contributed by atoms with E-state index in [0.29, 0.717) is 21.2 Å². The van der Waals surface area contributed by atoms with Gasteiger partial charge in [-0.1, -0.05) is 95.5 Å². The largest absolute Gasteiger partial charge is 0.499 e. The fourth-order valence-corrected chi connectivity index (χ4v) is 6.37. The molecule has 10 nitrogen and oxygen atoms in total. The van der Waals surface area contributed by atoms with E-state index in [9.17, 15) is 0 Å². The molecule has 0 atom stereocenters. The van der Waals surface area contributed by atoms with Gasteiger partial charge in [-0.2, -0.15) is 0 Å². The summed E-state index contributed by atoms with van der Waals surface area (Å²) in [7, 11) is 2.73. The smallest absolute Gasteiger partial charge is 0.468 e. The number of methoxy groups -OCH3 is 2. The second kappa shape index (κ2) is 18.5. The van der Waals surface area contributed by atoms with Gasteiger partial charge in [-0.25, -0.2) is 0 Å². The lowest BCUT2D eigenvalue weighted by Crippen LogP contribution is -2.41. The summed E-state index contributed by atoms with van der Waals surface area (Å²) in [6.07, 6.45) is 0. The van der Waals surface area contributed by atoms with E-state index in [1.165, 1.54) is 0 Å². The number of nitrogens with zero attached hydrogens (tertiary/aromatic N) is 4. The third kappa shape index (κ3) is 9.38. The molecule has 0 bridgehead atoms. The highest BCUT2D eigenvalue weighted by Crippen LogP contribution is 2.40. The third-order valence-electron chi connectivity index (χ3n) is 10.1. The Balaban J connectivity index is 0.000000173. The molecule has 0 radical (unpaired) electrons. The molecule has 7 rings (SSSR count). The summed E-state index contributed by atoms with van der Waals surface area (Å²) in [5.41, 5.74) is 5.49. The Kier molecular flexibility index (Phi) is 14.2. The summed E-state index contributed by atoms with van der Waals surface area (Å²) in [5, 5.41) is 21.3. The van der Waals surface area contributed by atoms with E-state index in [1.54, 1.807) is 14.2 Å². The number of rotatable bonds is 8. The molecule has 14 heteroatoms. The van der Waals surface area contributed by atoms with Crippen molar-refractivity contribution in [2.75, 3.05) is 27.8 Å². The number of hydrogen-bond acceptors (Lipinski definition) is 10. The highest BCUT2D eigenvalue weighted by molar-refractivity contribution is 6.66. The Hall–Kier alpha value is -4.07. The average molecular weight is 820 g/mol. The summed E-state index contributed by atoms with van der Waals surface area (Å²) < 4.78 is 34.1. The summed E-state index contributed by atoms with van der Waals surface area (Å²) in [6.45, 7) is 16.2. The minimum atomic E-state index is -0.474. The molecular weight excluding hydrogens is 774 g/mol. The lowest BCUT2D eigenvalue weighted by atomic mass is 9.75. The van der Waals surface area contributed by atoms with Crippen LogP contribution in [0.2, 0.25) is 15.5 Å². The number of benzene rings is 4. The van der Waals surface area contributed by atoms with Gasteiger partial charge in [0.1, 0.15) is 17.2 Å². The van der Waals surface area contributed by atoms with E-state index in [1.807, 2.05) is 104 Å². The van der Waals surface area contributed by atoms with Gasteiger partial charge in [-0.15, -0.1) is 20.4 Å². The van der Waals surface area contributed by atoms with Crippen LogP contribution in [0, 0.1) is 27.7 Å². The molecule has 4 aromatic carbocycles. The second-order valence-corrected chi connectivity index (χ2v) is 15.2. The quantitative estimate of drug-likeness (QED) is 0.109. The molecule has 1 saturated heterocycles. The fraction of sp³-hybridized carbons (Fsp3) is 0.333. The van der Waals surface area contributed by atoms with Crippen LogP contribution in [0.5, 0.6) is 11.5 Å². The van der Waals surface area contributed by atoms with Crippen molar-refractivity contribution in [3.05, 3.63) is 111 Å². The van der Waals surface area contributed by atoms with Crippen LogP contribution in [0.15, 0.2) is 72.8 Å². The molecule has 0 amide bonds. The molecule has 0 saturated carbocycles. The maximum atomic E-state index is 6.24. The van der Waals surface area contributed by atoms with Crippen molar-refractivity contribution in [2.24, 2.45) is 0 Å². The van der Waals surface area contributed by atoms with E-state index in [0.717, 1.165) is 66.3 Å². The van der Waals surface area contributed by atoms with E-state index in [4.69, 9.17) is 63.1 Å². The molecule has 6 aromatic rings. The van der Waals surface area contributed by atoms with Crippen molar-refractivity contribution < 1.29 is 28.3 Å². The molecule has 1 aliphatic heterocycles. The molecule has 0 aliphatic carbocycles. The first kappa shape index (κ1) is 43.1. The van der Waals surface area contributed by atoms with Crippen molar-refractivity contribution in [1.82, 2.24) is 20.4 Å². The van der Waals surface area contributed by atoms with E-state index in [2.05, 4.69) is 44.7 Å². The van der Waals surface area contributed by atoms with Gasteiger partial charge in [0, 0.05) is 19.7 Å². The van der Waals surface area contributed by atoms with Gasteiger partial charge in [-0.05, 0) is 111 Å². The number of ether oxygens (including phenoxy) is 4. The molecule has 0 spiro atoms. The first-order chi connectivity index (χ1) is 26.6. The Morgan fingerprint density at radius 2 is 0.982 bits per heavy atom.